The van der Waals surface area contributed by atoms with Crippen molar-refractivity contribution < 1.29 is 9.90 Å². The molecule has 0 saturated carbocycles. The number of hydrogen-bond acceptors (Lipinski definition) is 7. The van der Waals surface area contributed by atoms with Crippen LogP contribution in [0, 0.1) is 6.92 Å². The van der Waals surface area contributed by atoms with Gasteiger partial charge in [-0.15, -0.1) is 0 Å². The summed E-state index contributed by atoms with van der Waals surface area (Å²) in [6, 6.07) is 9.75. The van der Waals surface area contributed by atoms with Crippen LogP contribution in [0.3, 0.4) is 0 Å². The molecule has 1 aromatic carbocycles. The number of rotatable bonds is 5. The normalized spacial score (nSPS) is 22.1. The van der Waals surface area contributed by atoms with Crippen LogP contribution in [0.15, 0.2) is 36.7 Å². The lowest BCUT2D eigenvalue weighted by molar-refractivity contribution is 0.0264. The average Bonchev–Trinajstić information content (AvgIpc) is 3.15. The second kappa shape index (κ2) is 8.80. The molecule has 1 amide bonds. The van der Waals surface area contributed by atoms with E-state index in [0.29, 0.717) is 25.1 Å². The Balaban J connectivity index is 1.36. The molecule has 31 heavy (non-hydrogen) atoms. The van der Waals surface area contributed by atoms with E-state index in [1.165, 1.54) is 0 Å². The molecule has 1 aromatic heterocycles. The Labute approximate surface area is 184 Å². The molecule has 2 aromatic rings. The molecular formula is C23H32N6O2. The summed E-state index contributed by atoms with van der Waals surface area (Å²) in [4.78, 5) is 29.8. The zero-order valence-corrected chi connectivity index (χ0v) is 18.7. The third-order valence-electron chi connectivity index (χ3n) is 6.31. The predicted octanol–water partition coefficient (Wildman–Crippen LogP) is 1.25. The molecule has 2 fully saturated rings. The van der Waals surface area contributed by atoms with Gasteiger partial charge in [0.25, 0.3) is 5.91 Å². The minimum atomic E-state index is -0.955. The van der Waals surface area contributed by atoms with Crippen molar-refractivity contribution in [3.63, 3.8) is 0 Å². The number of nitrogens with zero attached hydrogens (tertiary/aromatic N) is 6. The molecule has 1 N–H and O–H groups in total. The lowest BCUT2D eigenvalue weighted by Crippen LogP contribution is -2.46. The molecule has 3 heterocycles. The van der Waals surface area contributed by atoms with Crippen LogP contribution in [0.4, 0.5) is 11.5 Å². The average molecular weight is 425 g/mol. The second-order valence-electron chi connectivity index (χ2n) is 8.91. The van der Waals surface area contributed by atoms with Crippen LogP contribution < -0.4 is 9.80 Å². The Morgan fingerprint density at radius 2 is 1.81 bits per heavy atom. The molecule has 0 unspecified atom stereocenters. The van der Waals surface area contributed by atoms with Crippen LogP contribution in [0.25, 0.3) is 0 Å². The summed E-state index contributed by atoms with van der Waals surface area (Å²) in [5.74, 6) is 0.742. The van der Waals surface area contributed by atoms with E-state index >= 15 is 0 Å². The van der Waals surface area contributed by atoms with Gasteiger partial charge in [0.2, 0.25) is 0 Å². The van der Waals surface area contributed by atoms with Gasteiger partial charge >= 0.3 is 0 Å². The molecule has 1 atom stereocenters. The van der Waals surface area contributed by atoms with E-state index < -0.39 is 5.60 Å². The third-order valence-corrected chi connectivity index (χ3v) is 6.31. The Kier molecular flexibility index (Phi) is 6.11. The monoisotopic (exact) mass is 424 g/mol. The first-order valence-electron chi connectivity index (χ1n) is 10.9. The van der Waals surface area contributed by atoms with Gasteiger partial charge in [-0.05, 0) is 44.7 Å². The van der Waals surface area contributed by atoms with Gasteiger partial charge in [0.1, 0.15) is 17.7 Å². The highest BCUT2D eigenvalue weighted by molar-refractivity contribution is 5.94. The van der Waals surface area contributed by atoms with Gasteiger partial charge in [-0.2, -0.15) is 0 Å². The lowest BCUT2D eigenvalue weighted by atomic mass is 10.0. The summed E-state index contributed by atoms with van der Waals surface area (Å²) in [6.07, 6.45) is 2.14. The molecule has 0 radical (unpaired) electrons. The summed E-state index contributed by atoms with van der Waals surface area (Å²) in [6.45, 7) is 7.46. The summed E-state index contributed by atoms with van der Waals surface area (Å²) in [7, 11) is 3.90. The van der Waals surface area contributed by atoms with Crippen molar-refractivity contribution in [2.45, 2.75) is 18.9 Å². The van der Waals surface area contributed by atoms with Crippen molar-refractivity contribution in [3.05, 3.63) is 47.9 Å². The van der Waals surface area contributed by atoms with Gasteiger partial charge in [-0.1, -0.05) is 0 Å². The molecule has 166 valence electrons. The lowest BCUT2D eigenvalue weighted by Gasteiger charge is -2.34. The minimum Gasteiger partial charge on any atom is -0.386 e. The number of benzene rings is 1. The molecule has 2 saturated heterocycles. The smallest absolute Gasteiger partial charge is 0.253 e. The number of anilines is 2. The van der Waals surface area contributed by atoms with Crippen LogP contribution in [-0.2, 0) is 0 Å². The number of amides is 1. The first-order valence-corrected chi connectivity index (χ1v) is 10.9. The van der Waals surface area contributed by atoms with Crippen LogP contribution in [0.2, 0.25) is 0 Å². The Morgan fingerprint density at radius 3 is 2.48 bits per heavy atom. The predicted molar refractivity (Wildman–Crippen MR) is 122 cm³/mol. The van der Waals surface area contributed by atoms with E-state index in [1.807, 2.05) is 37.3 Å². The van der Waals surface area contributed by atoms with E-state index in [-0.39, 0.29) is 12.5 Å². The molecule has 8 nitrogen and oxygen atoms in total. The van der Waals surface area contributed by atoms with Crippen LogP contribution in [-0.4, -0.2) is 96.3 Å². The summed E-state index contributed by atoms with van der Waals surface area (Å²) >= 11 is 0. The highest BCUT2D eigenvalue weighted by Crippen LogP contribution is 2.27. The van der Waals surface area contributed by atoms with E-state index in [0.717, 1.165) is 43.4 Å². The maximum Gasteiger partial charge on any atom is 0.253 e. The Bertz CT molecular complexity index is 913. The van der Waals surface area contributed by atoms with Crippen molar-refractivity contribution in [2.75, 3.05) is 69.7 Å². The van der Waals surface area contributed by atoms with Crippen molar-refractivity contribution in [2.24, 2.45) is 0 Å². The standard InChI is InChI=1S/C23H32N6O2/c1-18-14-21(25-17-24-18)29-9-8-23(31,16-29)15-27(3)22(30)19-4-6-20(7-5-19)28-12-10-26(2)11-13-28/h4-7,14,17,31H,8-13,15-16H2,1-3H3/t23-/m1/s1. The number of carbonyl (C=O) groups excluding carboxylic acids is 1. The number of β-amino-alcohol motifs (C(OH)–C–C–N with tert-alkyl or cyclic N) is 1. The summed E-state index contributed by atoms with van der Waals surface area (Å²) < 4.78 is 0. The number of piperazine rings is 1. The largest absolute Gasteiger partial charge is 0.386 e. The topological polar surface area (TPSA) is 76.0 Å². The molecular weight excluding hydrogens is 392 g/mol. The zero-order chi connectivity index (χ0) is 22.0. The quantitative estimate of drug-likeness (QED) is 0.774. The third kappa shape index (κ3) is 4.97. The SMILES string of the molecule is Cc1cc(N2CC[C@@](O)(CN(C)C(=O)c3ccc(N4CCN(C)CC4)cc3)C2)ncn1. The number of hydrogen-bond donors (Lipinski definition) is 1. The maximum atomic E-state index is 13.0. The van der Waals surface area contributed by atoms with Crippen molar-refractivity contribution in [3.8, 4) is 0 Å². The first-order chi connectivity index (χ1) is 14.8. The van der Waals surface area contributed by atoms with Crippen LogP contribution >= 0.6 is 0 Å². The molecule has 0 bridgehead atoms. The second-order valence-corrected chi connectivity index (χ2v) is 8.91. The minimum absolute atomic E-state index is 0.0744. The first kappa shape index (κ1) is 21.5. The van der Waals surface area contributed by atoms with Crippen LogP contribution in [0.1, 0.15) is 22.5 Å². The molecule has 2 aliphatic heterocycles. The zero-order valence-electron chi connectivity index (χ0n) is 18.7. The van der Waals surface area contributed by atoms with Crippen molar-refractivity contribution >= 4 is 17.4 Å². The number of likely N-dealkylation sites (N-methyl/N-ethyl adjacent to an activating group) is 2. The van der Waals surface area contributed by atoms with Crippen molar-refractivity contribution in [1.82, 2.24) is 19.8 Å². The van der Waals surface area contributed by atoms with Gasteiger partial charge in [0, 0.05) is 69.3 Å². The molecule has 4 rings (SSSR count). The molecule has 0 spiro atoms. The number of aliphatic hydroxyl groups is 1. The van der Waals surface area contributed by atoms with E-state index in [4.69, 9.17) is 0 Å². The molecule has 8 heteroatoms. The van der Waals surface area contributed by atoms with Gasteiger partial charge < -0.3 is 24.7 Å². The van der Waals surface area contributed by atoms with Gasteiger partial charge in [0.05, 0.1) is 6.54 Å². The highest BCUT2D eigenvalue weighted by Gasteiger charge is 2.38. The van der Waals surface area contributed by atoms with E-state index in [9.17, 15) is 9.90 Å². The maximum absolute atomic E-state index is 13.0. The molecule has 2 aliphatic rings. The Morgan fingerprint density at radius 1 is 1.10 bits per heavy atom. The fourth-order valence-corrected chi connectivity index (χ4v) is 4.41. The number of carbonyl (C=O) groups is 1. The van der Waals surface area contributed by atoms with Crippen molar-refractivity contribution in [1.29, 1.82) is 0 Å². The van der Waals surface area contributed by atoms with Crippen LogP contribution in [0.5, 0.6) is 0 Å². The van der Waals surface area contributed by atoms with E-state index in [2.05, 4.69) is 31.7 Å². The molecule has 0 aliphatic carbocycles. The van der Waals surface area contributed by atoms with Gasteiger partial charge in [-0.25, -0.2) is 9.97 Å². The summed E-state index contributed by atoms with van der Waals surface area (Å²) in [5.41, 5.74) is 1.73. The van der Waals surface area contributed by atoms with Gasteiger partial charge in [-0.3, -0.25) is 4.79 Å². The fraction of sp³-hybridized carbons (Fsp3) is 0.522. The van der Waals surface area contributed by atoms with E-state index in [1.54, 1.807) is 18.3 Å². The summed E-state index contributed by atoms with van der Waals surface area (Å²) in [5, 5.41) is 11.1. The Hall–Kier alpha value is -2.71. The number of aromatic nitrogens is 2. The van der Waals surface area contributed by atoms with Gasteiger partial charge in [0.15, 0.2) is 0 Å². The fourth-order valence-electron chi connectivity index (χ4n) is 4.41. The highest BCUT2D eigenvalue weighted by atomic mass is 16.3. The number of aryl methyl sites for hydroxylation is 1.